The minimum atomic E-state index is -0.420. The Bertz CT molecular complexity index is 384. The first-order valence-electron chi connectivity index (χ1n) is 6.24. The second-order valence-electron chi connectivity index (χ2n) is 5.68. The van der Waals surface area contributed by atoms with Crippen LogP contribution >= 0.6 is 0 Å². The van der Waals surface area contributed by atoms with Crippen LogP contribution in [0.15, 0.2) is 24.3 Å². The van der Waals surface area contributed by atoms with Crippen molar-refractivity contribution in [1.82, 2.24) is 5.32 Å². The molecule has 1 aliphatic heterocycles. The number of hydrogen-bond acceptors (Lipinski definition) is 3. The van der Waals surface area contributed by atoms with Gasteiger partial charge in [-0.15, -0.1) is 0 Å². The summed E-state index contributed by atoms with van der Waals surface area (Å²) in [5, 5.41) is 12.7. The predicted octanol–water partition coefficient (Wildman–Crippen LogP) is 1.71. The molecule has 17 heavy (non-hydrogen) atoms. The molecule has 0 radical (unpaired) electrons. The summed E-state index contributed by atoms with van der Waals surface area (Å²) in [6.45, 7) is 9.12. The van der Waals surface area contributed by atoms with Crippen molar-refractivity contribution in [3.8, 4) is 0 Å². The summed E-state index contributed by atoms with van der Waals surface area (Å²) in [7, 11) is 0. The van der Waals surface area contributed by atoms with Crippen LogP contribution in [0.1, 0.15) is 26.3 Å². The lowest BCUT2D eigenvalue weighted by molar-refractivity contribution is 0.131. The normalized spacial score (nSPS) is 21.6. The topological polar surface area (TPSA) is 35.5 Å². The minimum absolute atomic E-state index is 0.131. The summed E-state index contributed by atoms with van der Waals surface area (Å²) in [5.41, 5.74) is 2.72. The number of aliphatic hydroxyl groups is 1. The van der Waals surface area contributed by atoms with Gasteiger partial charge in [0.2, 0.25) is 0 Å². The average molecular weight is 234 g/mol. The number of rotatable bonds is 1. The Hall–Kier alpha value is -1.06. The molecule has 1 aromatic rings. The van der Waals surface area contributed by atoms with E-state index < -0.39 is 6.23 Å². The third-order valence-corrected chi connectivity index (χ3v) is 3.21. The summed E-state index contributed by atoms with van der Waals surface area (Å²) < 4.78 is 0. The summed E-state index contributed by atoms with van der Waals surface area (Å²) in [6.07, 6.45) is -0.420. The predicted molar refractivity (Wildman–Crippen MR) is 71.4 cm³/mol. The number of para-hydroxylation sites is 1. The zero-order valence-electron chi connectivity index (χ0n) is 10.9. The number of benzene rings is 1. The molecule has 0 bridgehead atoms. The van der Waals surface area contributed by atoms with Crippen molar-refractivity contribution in [2.45, 2.75) is 32.4 Å². The van der Waals surface area contributed by atoms with Crippen molar-refractivity contribution in [2.75, 3.05) is 24.5 Å². The average Bonchev–Trinajstić information content (AvgIpc) is 2.28. The Kier molecular flexibility index (Phi) is 3.40. The molecule has 0 saturated carbocycles. The van der Waals surface area contributed by atoms with Crippen LogP contribution in [0, 0.1) is 0 Å². The maximum atomic E-state index is 9.68. The molecule has 3 heteroatoms. The van der Waals surface area contributed by atoms with Crippen LogP contribution in [0.4, 0.5) is 5.69 Å². The van der Waals surface area contributed by atoms with Crippen molar-refractivity contribution in [3.63, 3.8) is 0 Å². The molecule has 1 saturated heterocycles. The van der Waals surface area contributed by atoms with E-state index in [9.17, 15) is 5.11 Å². The molecule has 0 amide bonds. The lowest BCUT2D eigenvalue weighted by Gasteiger charge is -2.36. The van der Waals surface area contributed by atoms with Crippen molar-refractivity contribution in [2.24, 2.45) is 0 Å². The van der Waals surface area contributed by atoms with Gasteiger partial charge < -0.3 is 10.0 Å². The van der Waals surface area contributed by atoms with Gasteiger partial charge in [-0.05, 0) is 17.0 Å². The summed E-state index contributed by atoms with van der Waals surface area (Å²) >= 11 is 0. The number of nitrogens with one attached hydrogen (secondary N) is 1. The molecular weight excluding hydrogens is 212 g/mol. The van der Waals surface area contributed by atoms with E-state index >= 15 is 0 Å². The monoisotopic (exact) mass is 234 g/mol. The second-order valence-corrected chi connectivity index (χ2v) is 5.68. The van der Waals surface area contributed by atoms with Gasteiger partial charge in [0.15, 0.2) is 0 Å². The van der Waals surface area contributed by atoms with Gasteiger partial charge >= 0.3 is 0 Å². The molecule has 0 spiro atoms. The first-order chi connectivity index (χ1) is 7.98. The van der Waals surface area contributed by atoms with E-state index in [0.29, 0.717) is 6.54 Å². The standard InChI is InChI=1S/C14H22N2O/c1-14(2,3)11-6-4-5-7-12(11)16-9-8-15-13(17)10-16/h4-7,13,15,17H,8-10H2,1-3H3. The van der Waals surface area contributed by atoms with Gasteiger partial charge in [-0.3, -0.25) is 5.32 Å². The quantitative estimate of drug-likeness (QED) is 0.776. The van der Waals surface area contributed by atoms with Crippen LogP contribution in [-0.2, 0) is 5.41 Å². The SMILES string of the molecule is CC(C)(C)c1ccccc1N1CCNC(O)C1. The molecule has 1 aliphatic rings. The highest BCUT2D eigenvalue weighted by atomic mass is 16.3. The van der Waals surface area contributed by atoms with Crippen LogP contribution in [0.5, 0.6) is 0 Å². The molecule has 1 heterocycles. The van der Waals surface area contributed by atoms with Gasteiger partial charge in [0.1, 0.15) is 6.23 Å². The minimum Gasteiger partial charge on any atom is -0.377 e. The van der Waals surface area contributed by atoms with Gasteiger partial charge in [-0.2, -0.15) is 0 Å². The number of aliphatic hydroxyl groups excluding tert-OH is 1. The Morgan fingerprint density at radius 3 is 2.65 bits per heavy atom. The van der Waals surface area contributed by atoms with E-state index in [1.54, 1.807) is 0 Å². The maximum absolute atomic E-state index is 9.68. The number of piperazine rings is 1. The van der Waals surface area contributed by atoms with E-state index in [1.807, 2.05) is 0 Å². The molecule has 0 aliphatic carbocycles. The van der Waals surface area contributed by atoms with E-state index in [0.717, 1.165) is 13.1 Å². The lowest BCUT2D eigenvalue weighted by atomic mass is 9.85. The first kappa shape index (κ1) is 12.4. The molecule has 1 fully saturated rings. The summed E-state index contributed by atoms with van der Waals surface area (Å²) in [6, 6.07) is 8.49. The molecular formula is C14H22N2O. The molecule has 1 unspecified atom stereocenters. The van der Waals surface area contributed by atoms with E-state index in [-0.39, 0.29) is 5.41 Å². The molecule has 1 atom stereocenters. The zero-order valence-corrected chi connectivity index (χ0v) is 10.9. The molecule has 2 N–H and O–H groups in total. The van der Waals surface area contributed by atoms with Gasteiger partial charge in [0.25, 0.3) is 0 Å². The van der Waals surface area contributed by atoms with Crippen LogP contribution in [0.25, 0.3) is 0 Å². The van der Waals surface area contributed by atoms with Crippen molar-refractivity contribution < 1.29 is 5.11 Å². The summed E-state index contributed by atoms with van der Waals surface area (Å²) in [4.78, 5) is 2.27. The Morgan fingerprint density at radius 2 is 2.00 bits per heavy atom. The molecule has 3 nitrogen and oxygen atoms in total. The molecule has 0 aromatic heterocycles. The summed E-state index contributed by atoms with van der Waals surface area (Å²) in [5.74, 6) is 0. The Morgan fingerprint density at radius 1 is 1.29 bits per heavy atom. The van der Waals surface area contributed by atoms with Gasteiger partial charge in [-0.25, -0.2) is 0 Å². The Balaban J connectivity index is 2.31. The molecule has 1 aromatic carbocycles. The lowest BCUT2D eigenvalue weighted by Crippen LogP contribution is -2.51. The number of anilines is 1. The molecule has 2 rings (SSSR count). The zero-order chi connectivity index (χ0) is 12.5. The van der Waals surface area contributed by atoms with Crippen LogP contribution in [0.3, 0.4) is 0 Å². The third-order valence-electron chi connectivity index (χ3n) is 3.21. The number of nitrogens with zero attached hydrogens (tertiary/aromatic N) is 1. The van der Waals surface area contributed by atoms with Gasteiger partial charge in [0.05, 0.1) is 6.54 Å². The first-order valence-corrected chi connectivity index (χ1v) is 6.24. The number of hydrogen-bond donors (Lipinski definition) is 2. The van der Waals surface area contributed by atoms with E-state index in [1.165, 1.54) is 11.3 Å². The fourth-order valence-electron chi connectivity index (χ4n) is 2.33. The Labute approximate surface area is 103 Å². The van der Waals surface area contributed by atoms with Crippen LogP contribution in [-0.4, -0.2) is 31.0 Å². The van der Waals surface area contributed by atoms with E-state index in [4.69, 9.17) is 0 Å². The van der Waals surface area contributed by atoms with Crippen LogP contribution < -0.4 is 10.2 Å². The van der Waals surface area contributed by atoms with Crippen molar-refractivity contribution in [1.29, 1.82) is 0 Å². The third kappa shape index (κ3) is 2.79. The van der Waals surface area contributed by atoms with Crippen molar-refractivity contribution >= 4 is 5.69 Å². The van der Waals surface area contributed by atoms with Crippen LogP contribution in [0.2, 0.25) is 0 Å². The number of β-amino-alcohol motifs (C(OH)–C–C–N with tert-alkyl or cyclic N) is 1. The molecule has 94 valence electrons. The van der Waals surface area contributed by atoms with Crippen molar-refractivity contribution in [3.05, 3.63) is 29.8 Å². The van der Waals surface area contributed by atoms with Gasteiger partial charge in [0, 0.05) is 18.8 Å². The van der Waals surface area contributed by atoms with Gasteiger partial charge in [-0.1, -0.05) is 39.0 Å². The highest BCUT2D eigenvalue weighted by Crippen LogP contribution is 2.32. The highest BCUT2D eigenvalue weighted by Gasteiger charge is 2.23. The largest absolute Gasteiger partial charge is 0.377 e. The fourth-order valence-corrected chi connectivity index (χ4v) is 2.33. The fraction of sp³-hybridized carbons (Fsp3) is 0.571. The van der Waals surface area contributed by atoms with E-state index in [2.05, 4.69) is 55.3 Å². The smallest absolute Gasteiger partial charge is 0.122 e. The second kappa shape index (κ2) is 4.67. The highest BCUT2D eigenvalue weighted by molar-refractivity contribution is 5.56. The maximum Gasteiger partial charge on any atom is 0.122 e.